The van der Waals surface area contributed by atoms with Crippen molar-refractivity contribution in [3.63, 3.8) is 0 Å². The number of carbonyl (C=O) groups excluding carboxylic acids is 1. The van der Waals surface area contributed by atoms with Gasteiger partial charge < -0.3 is 9.26 Å². The molecule has 23 heavy (non-hydrogen) atoms. The van der Waals surface area contributed by atoms with Crippen LogP contribution in [0.15, 0.2) is 34.9 Å². The number of aromatic nitrogens is 1. The van der Waals surface area contributed by atoms with Gasteiger partial charge in [-0.05, 0) is 50.2 Å². The van der Waals surface area contributed by atoms with Crippen molar-refractivity contribution >= 4 is 6.41 Å². The second-order valence-corrected chi connectivity index (χ2v) is 5.83. The lowest BCUT2D eigenvalue weighted by molar-refractivity contribution is -0.217. The summed E-state index contributed by atoms with van der Waals surface area (Å²) in [5, 5.41) is 4.94. The van der Waals surface area contributed by atoms with Gasteiger partial charge >= 0.3 is 0 Å². The van der Waals surface area contributed by atoms with Gasteiger partial charge in [0.05, 0.1) is 12.1 Å². The highest BCUT2D eigenvalue weighted by Gasteiger charge is 2.16. The maximum atomic E-state index is 12.9. The number of hydrogen-bond donors (Lipinski definition) is 0. The molecule has 1 heterocycles. The Balaban J connectivity index is 1.87. The largest absolute Gasteiger partial charge is 0.474 e. The van der Waals surface area contributed by atoms with Crippen LogP contribution in [0.3, 0.4) is 0 Å². The minimum atomic E-state index is -0.468. The molecule has 0 aliphatic heterocycles. The molecule has 0 N–H and O–H groups in total. The van der Waals surface area contributed by atoms with E-state index in [1.54, 1.807) is 18.2 Å². The van der Waals surface area contributed by atoms with Crippen LogP contribution >= 0.6 is 0 Å². The molecule has 0 fully saturated rings. The highest BCUT2D eigenvalue weighted by molar-refractivity contribution is 5.57. The molecule has 0 spiro atoms. The van der Waals surface area contributed by atoms with Crippen LogP contribution in [0.25, 0.3) is 11.3 Å². The predicted octanol–water partition coefficient (Wildman–Crippen LogP) is 3.05. The number of carbonyl (C=O) groups is 1. The van der Waals surface area contributed by atoms with Crippen molar-refractivity contribution in [3.05, 3.63) is 36.1 Å². The van der Waals surface area contributed by atoms with Gasteiger partial charge in [0, 0.05) is 11.6 Å². The third-order valence-electron chi connectivity index (χ3n) is 2.69. The smallest absolute Gasteiger partial charge is 0.254 e. The van der Waals surface area contributed by atoms with Crippen LogP contribution in [0.2, 0.25) is 0 Å². The fourth-order valence-electron chi connectivity index (χ4n) is 1.79. The Kier molecular flexibility index (Phi) is 5.33. The average Bonchev–Trinajstić information content (AvgIpc) is 2.94. The molecule has 124 valence electrons. The number of ether oxygens (including phenoxy) is 1. The molecule has 0 bridgehead atoms. The van der Waals surface area contributed by atoms with Gasteiger partial charge in [-0.15, -0.1) is 0 Å². The summed E-state index contributed by atoms with van der Waals surface area (Å²) in [5.74, 6) is 0.432. The van der Waals surface area contributed by atoms with Gasteiger partial charge in [-0.25, -0.2) is 9.45 Å². The van der Waals surface area contributed by atoms with E-state index in [1.807, 2.05) is 20.8 Å². The molecule has 7 heteroatoms. The van der Waals surface area contributed by atoms with E-state index in [0.717, 1.165) is 0 Å². The number of nitrogens with zero attached hydrogens (tertiary/aromatic N) is 2. The van der Waals surface area contributed by atoms with Gasteiger partial charge in [-0.3, -0.25) is 9.63 Å². The molecule has 1 aromatic heterocycles. The molecule has 0 unspecified atom stereocenters. The Bertz CT molecular complexity index is 634. The predicted molar refractivity (Wildman–Crippen MR) is 81.0 cm³/mol. The molecular formula is C16H19FN2O4. The van der Waals surface area contributed by atoms with Crippen LogP contribution in [0, 0.1) is 5.82 Å². The number of amides is 1. The third-order valence-corrected chi connectivity index (χ3v) is 2.69. The lowest BCUT2D eigenvalue weighted by atomic mass is 10.2. The second-order valence-electron chi connectivity index (χ2n) is 5.83. The van der Waals surface area contributed by atoms with Crippen molar-refractivity contribution in [2.75, 3.05) is 13.2 Å². The highest BCUT2D eigenvalue weighted by atomic mass is 19.1. The van der Waals surface area contributed by atoms with Crippen molar-refractivity contribution < 1.29 is 23.3 Å². The summed E-state index contributed by atoms with van der Waals surface area (Å²) < 4.78 is 23.4. The van der Waals surface area contributed by atoms with E-state index in [4.69, 9.17) is 14.1 Å². The Labute approximate surface area is 133 Å². The summed E-state index contributed by atoms with van der Waals surface area (Å²) in [6.07, 6.45) is 0.599. The maximum absolute atomic E-state index is 12.9. The van der Waals surface area contributed by atoms with Crippen molar-refractivity contribution in [1.82, 2.24) is 10.2 Å². The first kappa shape index (κ1) is 17.0. The van der Waals surface area contributed by atoms with Crippen molar-refractivity contribution in [1.29, 1.82) is 0 Å². The van der Waals surface area contributed by atoms with Gasteiger partial charge in [-0.1, -0.05) is 0 Å². The second kappa shape index (κ2) is 7.23. The Morgan fingerprint density at radius 1 is 1.30 bits per heavy atom. The van der Waals surface area contributed by atoms with E-state index in [0.29, 0.717) is 17.7 Å². The summed E-state index contributed by atoms with van der Waals surface area (Å²) in [4.78, 5) is 16.3. The molecule has 0 saturated heterocycles. The van der Waals surface area contributed by atoms with Gasteiger partial charge in [0.15, 0.2) is 5.76 Å². The van der Waals surface area contributed by atoms with Crippen LogP contribution in [0.5, 0.6) is 5.88 Å². The molecule has 1 aromatic carbocycles. The van der Waals surface area contributed by atoms with Crippen LogP contribution in [0.1, 0.15) is 20.8 Å². The molecule has 0 saturated carbocycles. The minimum absolute atomic E-state index is 0.199. The van der Waals surface area contributed by atoms with E-state index >= 15 is 0 Å². The Morgan fingerprint density at radius 3 is 2.61 bits per heavy atom. The fraction of sp³-hybridized carbons (Fsp3) is 0.375. The van der Waals surface area contributed by atoms with Crippen LogP contribution in [0.4, 0.5) is 4.39 Å². The third kappa shape index (κ3) is 5.37. The van der Waals surface area contributed by atoms with E-state index < -0.39 is 5.60 Å². The Morgan fingerprint density at radius 2 is 2.00 bits per heavy atom. The monoisotopic (exact) mass is 322 g/mol. The number of hydrogen-bond acceptors (Lipinski definition) is 5. The molecule has 0 atom stereocenters. The summed E-state index contributed by atoms with van der Waals surface area (Å²) in [7, 11) is 0. The molecule has 2 rings (SSSR count). The highest BCUT2D eigenvalue weighted by Crippen LogP contribution is 2.23. The zero-order chi connectivity index (χ0) is 16.9. The molecule has 0 aliphatic carbocycles. The van der Waals surface area contributed by atoms with Gasteiger partial charge in [0.2, 0.25) is 6.41 Å². The van der Waals surface area contributed by atoms with Crippen molar-refractivity contribution in [3.8, 4) is 17.2 Å². The summed E-state index contributed by atoms with van der Waals surface area (Å²) in [5.41, 5.74) is 0.226. The van der Waals surface area contributed by atoms with E-state index in [-0.39, 0.29) is 24.8 Å². The molecule has 2 aromatic rings. The standard InChI is InChI=1S/C16H19FN2O4/c1-16(2,3)23-19(11-20)8-9-21-15-10-14(22-18-15)12-4-6-13(17)7-5-12/h4-7,10-11H,8-9H2,1-3H3. The van der Waals surface area contributed by atoms with E-state index in [9.17, 15) is 9.18 Å². The van der Waals surface area contributed by atoms with Crippen LogP contribution < -0.4 is 4.74 Å². The number of hydroxylamine groups is 2. The molecular weight excluding hydrogens is 303 g/mol. The van der Waals surface area contributed by atoms with Crippen molar-refractivity contribution in [2.45, 2.75) is 26.4 Å². The number of benzene rings is 1. The minimum Gasteiger partial charge on any atom is -0.474 e. The van der Waals surface area contributed by atoms with Crippen LogP contribution in [-0.4, -0.2) is 35.4 Å². The first-order valence-electron chi connectivity index (χ1n) is 7.14. The number of halogens is 1. The summed E-state index contributed by atoms with van der Waals surface area (Å²) in [6, 6.07) is 7.45. The topological polar surface area (TPSA) is 64.8 Å². The molecule has 1 amide bonds. The first-order valence-corrected chi connectivity index (χ1v) is 7.14. The van der Waals surface area contributed by atoms with Gasteiger partial charge in [0.25, 0.3) is 5.88 Å². The lowest BCUT2D eigenvalue weighted by Gasteiger charge is -2.26. The summed E-state index contributed by atoms with van der Waals surface area (Å²) >= 11 is 0. The lowest BCUT2D eigenvalue weighted by Crippen LogP contribution is -2.35. The maximum Gasteiger partial charge on any atom is 0.254 e. The van der Waals surface area contributed by atoms with Crippen molar-refractivity contribution in [2.24, 2.45) is 0 Å². The van der Waals surface area contributed by atoms with E-state index in [1.165, 1.54) is 17.2 Å². The first-order chi connectivity index (χ1) is 10.9. The average molecular weight is 322 g/mol. The SMILES string of the molecule is CC(C)(C)ON(C=O)CCOc1cc(-c2ccc(F)cc2)on1. The fourth-order valence-corrected chi connectivity index (χ4v) is 1.79. The zero-order valence-corrected chi connectivity index (χ0v) is 13.3. The van der Waals surface area contributed by atoms with E-state index in [2.05, 4.69) is 5.16 Å². The van der Waals surface area contributed by atoms with Gasteiger partial charge in [0.1, 0.15) is 12.4 Å². The van der Waals surface area contributed by atoms with Gasteiger partial charge in [-0.2, -0.15) is 0 Å². The normalized spacial score (nSPS) is 11.3. The molecule has 0 aliphatic rings. The quantitative estimate of drug-likeness (QED) is 0.579. The number of rotatable bonds is 7. The molecule has 6 nitrogen and oxygen atoms in total. The zero-order valence-electron chi connectivity index (χ0n) is 13.3. The Hall–Kier alpha value is -2.41. The summed E-state index contributed by atoms with van der Waals surface area (Å²) in [6.45, 7) is 5.98. The van der Waals surface area contributed by atoms with Crippen LogP contribution in [-0.2, 0) is 9.63 Å². The molecule has 0 radical (unpaired) electrons.